The number of hydrogen-bond donors (Lipinski definition) is 1. The summed E-state index contributed by atoms with van der Waals surface area (Å²) in [6.07, 6.45) is 1.35. The van der Waals surface area contributed by atoms with Crippen molar-refractivity contribution in [1.29, 1.82) is 5.26 Å². The first kappa shape index (κ1) is 12.8. The summed E-state index contributed by atoms with van der Waals surface area (Å²) in [5.41, 5.74) is 2.94. The molecule has 1 aromatic rings. The van der Waals surface area contributed by atoms with Crippen LogP contribution in [0.2, 0.25) is 0 Å². The van der Waals surface area contributed by atoms with E-state index in [-0.39, 0.29) is 5.57 Å². The molecule has 0 aromatic heterocycles. The zero-order valence-corrected chi connectivity index (χ0v) is 10.1. The number of esters is 1. The summed E-state index contributed by atoms with van der Waals surface area (Å²) in [6, 6.07) is 7.69. The molecule has 0 atom stereocenters. The third-order valence-corrected chi connectivity index (χ3v) is 2.29. The summed E-state index contributed by atoms with van der Waals surface area (Å²) >= 11 is 0. The Morgan fingerprint density at radius 2 is 2.18 bits per heavy atom. The summed E-state index contributed by atoms with van der Waals surface area (Å²) in [7, 11) is 1.24. The Hall–Kier alpha value is -2.28. The van der Waals surface area contributed by atoms with Crippen molar-refractivity contribution in [3.63, 3.8) is 0 Å². The molecule has 1 aromatic carbocycles. The van der Waals surface area contributed by atoms with E-state index in [1.807, 2.05) is 32.0 Å². The SMILES string of the molecule is COC(=O)/C(C#N)=C\Nc1cc(C)ccc1C. The zero-order chi connectivity index (χ0) is 12.8. The number of anilines is 1. The first-order valence-corrected chi connectivity index (χ1v) is 5.11. The van der Waals surface area contributed by atoms with Crippen LogP contribution in [-0.2, 0) is 9.53 Å². The van der Waals surface area contributed by atoms with Crippen LogP contribution in [0.25, 0.3) is 0 Å². The van der Waals surface area contributed by atoms with Crippen molar-refractivity contribution in [2.75, 3.05) is 12.4 Å². The van der Waals surface area contributed by atoms with Crippen molar-refractivity contribution < 1.29 is 9.53 Å². The summed E-state index contributed by atoms with van der Waals surface area (Å²) in [6.45, 7) is 3.92. The Kier molecular flexibility index (Phi) is 4.29. The van der Waals surface area contributed by atoms with Gasteiger partial charge in [0, 0.05) is 11.9 Å². The van der Waals surface area contributed by atoms with Gasteiger partial charge in [-0.15, -0.1) is 0 Å². The van der Waals surface area contributed by atoms with Crippen LogP contribution in [0.15, 0.2) is 30.0 Å². The first-order valence-electron chi connectivity index (χ1n) is 5.11. The topological polar surface area (TPSA) is 62.1 Å². The number of benzene rings is 1. The first-order chi connectivity index (χ1) is 8.08. The van der Waals surface area contributed by atoms with Crippen LogP contribution < -0.4 is 5.32 Å². The van der Waals surface area contributed by atoms with Crippen LogP contribution in [0.3, 0.4) is 0 Å². The zero-order valence-electron chi connectivity index (χ0n) is 10.1. The van der Waals surface area contributed by atoms with Gasteiger partial charge in [0.1, 0.15) is 6.07 Å². The molecule has 0 unspecified atom stereocenters. The van der Waals surface area contributed by atoms with Crippen LogP contribution in [0, 0.1) is 25.2 Å². The third kappa shape index (κ3) is 3.35. The molecule has 4 heteroatoms. The van der Waals surface area contributed by atoms with Gasteiger partial charge < -0.3 is 10.1 Å². The standard InChI is InChI=1S/C13H14N2O2/c1-9-4-5-10(2)12(6-9)15-8-11(7-14)13(16)17-3/h4-6,8,15H,1-3H3/b11-8-. The second kappa shape index (κ2) is 5.71. The van der Waals surface area contributed by atoms with E-state index in [1.165, 1.54) is 13.3 Å². The van der Waals surface area contributed by atoms with Gasteiger partial charge in [-0.05, 0) is 31.0 Å². The largest absolute Gasteiger partial charge is 0.465 e. The van der Waals surface area contributed by atoms with E-state index in [0.29, 0.717) is 0 Å². The van der Waals surface area contributed by atoms with Crippen molar-refractivity contribution >= 4 is 11.7 Å². The number of methoxy groups -OCH3 is 1. The molecule has 17 heavy (non-hydrogen) atoms. The fourth-order valence-electron chi connectivity index (χ4n) is 1.29. The van der Waals surface area contributed by atoms with E-state index in [9.17, 15) is 4.79 Å². The number of nitriles is 1. The number of rotatable bonds is 3. The summed E-state index contributed by atoms with van der Waals surface area (Å²) in [5.74, 6) is -0.648. The maximum Gasteiger partial charge on any atom is 0.350 e. The van der Waals surface area contributed by atoms with Gasteiger partial charge in [-0.2, -0.15) is 5.26 Å². The second-order valence-electron chi connectivity index (χ2n) is 3.62. The number of hydrogen-bond acceptors (Lipinski definition) is 4. The van der Waals surface area contributed by atoms with Gasteiger partial charge in [0.2, 0.25) is 0 Å². The third-order valence-electron chi connectivity index (χ3n) is 2.29. The Morgan fingerprint density at radius 3 is 2.76 bits per heavy atom. The molecule has 0 aliphatic carbocycles. The molecule has 4 nitrogen and oxygen atoms in total. The minimum absolute atomic E-state index is 0.0617. The summed E-state index contributed by atoms with van der Waals surface area (Å²) < 4.78 is 4.48. The van der Waals surface area contributed by atoms with Crippen LogP contribution in [0.5, 0.6) is 0 Å². The highest BCUT2D eigenvalue weighted by atomic mass is 16.5. The molecular weight excluding hydrogens is 216 g/mol. The van der Waals surface area contributed by atoms with Gasteiger partial charge in [-0.1, -0.05) is 12.1 Å². The fourth-order valence-corrected chi connectivity index (χ4v) is 1.29. The quantitative estimate of drug-likeness (QED) is 0.491. The van der Waals surface area contributed by atoms with Gasteiger partial charge in [0.25, 0.3) is 0 Å². The van der Waals surface area contributed by atoms with Gasteiger partial charge >= 0.3 is 5.97 Å². The Morgan fingerprint density at radius 1 is 1.47 bits per heavy atom. The van der Waals surface area contributed by atoms with Crippen molar-refractivity contribution in [1.82, 2.24) is 0 Å². The molecule has 0 fully saturated rings. The minimum Gasteiger partial charge on any atom is -0.465 e. The highest BCUT2D eigenvalue weighted by Gasteiger charge is 2.08. The van der Waals surface area contributed by atoms with E-state index in [0.717, 1.165) is 16.8 Å². The number of ether oxygens (including phenoxy) is 1. The van der Waals surface area contributed by atoms with Crippen molar-refractivity contribution in [2.45, 2.75) is 13.8 Å². The molecule has 1 N–H and O–H groups in total. The highest BCUT2D eigenvalue weighted by Crippen LogP contribution is 2.16. The number of carbonyl (C=O) groups is 1. The number of nitrogens with one attached hydrogen (secondary N) is 1. The average molecular weight is 230 g/mol. The molecule has 0 heterocycles. The van der Waals surface area contributed by atoms with Crippen LogP contribution >= 0.6 is 0 Å². The molecule has 1 rings (SSSR count). The monoisotopic (exact) mass is 230 g/mol. The molecule has 0 aliphatic heterocycles. The van der Waals surface area contributed by atoms with E-state index >= 15 is 0 Å². The summed E-state index contributed by atoms with van der Waals surface area (Å²) in [4.78, 5) is 11.2. The van der Waals surface area contributed by atoms with Crippen LogP contribution in [0.1, 0.15) is 11.1 Å². The van der Waals surface area contributed by atoms with Crippen LogP contribution in [0.4, 0.5) is 5.69 Å². The van der Waals surface area contributed by atoms with E-state index in [2.05, 4.69) is 10.1 Å². The molecule has 0 saturated carbocycles. The Labute approximate surface area is 101 Å². The summed E-state index contributed by atoms with van der Waals surface area (Å²) in [5, 5.41) is 11.7. The van der Waals surface area contributed by atoms with Crippen molar-refractivity contribution in [2.24, 2.45) is 0 Å². The van der Waals surface area contributed by atoms with Crippen molar-refractivity contribution in [3.05, 3.63) is 41.1 Å². The lowest BCUT2D eigenvalue weighted by molar-refractivity contribution is -0.135. The second-order valence-corrected chi connectivity index (χ2v) is 3.62. The lowest BCUT2D eigenvalue weighted by Gasteiger charge is -2.06. The predicted octanol–water partition coefficient (Wildman–Crippen LogP) is 2.30. The predicted molar refractivity (Wildman–Crippen MR) is 65.3 cm³/mol. The molecule has 0 radical (unpaired) electrons. The minimum atomic E-state index is -0.648. The van der Waals surface area contributed by atoms with Gasteiger partial charge in [0.05, 0.1) is 7.11 Å². The number of carbonyl (C=O) groups excluding carboxylic acids is 1. The van der Waals surface area contributed by atoms with Gasteiger partial charge in [0.15, 0.2) is 5.57 Å². The number of nitrogens with zero attached hydrogens (tertiary/aromatic N) is 1. The smallest absolute Gasteiger partial charge is 0.350 e. The lowest BCUT2D eigenvalue weighted by atomic mass is 10.1. The maximum atomic E-state index is 11.2. The van der Waals surface area contributed by atoms with Gasteiger partial charge in [-0.3, -0.25) is 0 Å². The molecular formula is C13H14N2O2. The highest BCUT2D eigenvalue weighted by molar-refractivity contribution is 5.93. The molecule has 0 amide bonds. The van der Waals surface area contributed by atoms with Crippen molar-refractivity contribution in [3.8, 4) is 6.07 Å². The molecule has 0 saturated heterocycles. The van der Waals surface area contributed by atoms with Crippen LogP contribution in [-0.4, -0.2) is 13.1 Å². The Bertz CT molecular complexity index is 499. The normalized spacial score (nSPS) is 10.6. The Balaban J connectivity index is 2.92. The fraction of sp³-hybridized carbons (Fsp3) is 0.231. The lowest BCUT2D eigenvalue weighted by Crippen LogP contribution is -2.05. The van der Waals surface area contributed by atoms with E-state index in [1.54, 1.807) is 6.07 Å². The average Bonchev–Trinajstić information content (AvgIpc) is 2.33. The molecule has 88 valence electrons. The molecule has 0 aliphatic rings. The van der Waals surface area contributed by atoms with E-state index in [4.69, 9.17) is 5.26 Å². The number of aryl methyl sites for hydroxylation is 2. The molecule has 0 bridgehead atoms. The van der Waals surface area contributed by atoms with E-state index < -0.39 is 5.97 Å². The maximum absolute atomic E-state index is 11.2. The molecule has 0 spiro atoms. The van der Waals surface area contributed by atoms with Gasteiger partial charge in [-0.25, -0.2) is 4.79 Å².